The summed E-state index contributed by atoms with van der Waals surface area (Å²) in [6, 6.07) is 0.612. The fourth-order valence-electron chi connectivity index (χ4n) is 3.72. The predicted octanol–water partition coefficient (Wildman–Crippen LogP) is 1.57. The average molecular weight is 377 g/mol. The van der Waals surface area contributed by atoms with Crippen molar-refractivity contribution in [2.75, 3.05) is 56.7 Å². The second kappa shape index (κ2) is 8.39. The summed E-state index contributed by atoms with van der Waals surface area (Å²) in [5.41, 5.74) is -0.420. The summed E-state index contributed by atoms with van der Waals surface area (Å²) in [5.74, 6) is 0.369. The summed E-state index contributed by atoms with van der Waals surface area (Å²) in [5, 5.41) is 13.0. The first-order valence-electron chi connectivity index (χ1n) is 9.77. The molecule has 3 rings (SSSR count). The van der Waals surface area contributed by atoms with Crippen LogP contribution in [0.5, 0.6) is 0 Å². The molecule has 0 radical (unpaired) electrons. The Hall–Kier alpha value is -1.93. The molecule has 150 valence electrons. The molecule has 0 unspecified atom stereocenters. The van der Waals surface area contributed by atoms with Gasteiger partial charge >= 0.3 is 5.97 Å². The molecule has 2 aliphatic rings. The quantitative estimate of drug-likeness (QED) is 0.740. The summed E-state index contributed by atoms with van der Waals surface area (Å²) in [7, 11) is 2.17. The molecule has 0 amide bonds. The van der Waals surface area contributed by atoms with E-state index in [4.69, 9.17) is 9.72 Å². The van der Waals surface area contributed by atoms with Crippen molar-refractivity contribution in [3.8, 4) is 0 Å². The zero-order valence-electron chi connectivity index (χ0n) is 16.6. The van der Waals surface area contributed by atoms with Crippen molar-refractivity contribution >= 4 is 17.7 Å². The van der Waals surface area contributed by atoms with E-state index in [0.717, 1.165) is 13.0 Å². The number of nitrogens with zero attached hydrogens (tertiary/aromatic N) is 4. The summed E-state index contributed by atoms with van der Waals surface area (Å²) < 4.78 is 5.43. The Morgan fingerprint density at radius 1 is 1.37 bits per heavy atom. The first-order chi connectivity index (χ1) is 12.9. The minimum absolute atomic E-state index is 0.557. The van der Waals surface area contributed by atoms with E-state index >= 15 is 0 Å². The molecule has 8 nitrogen and oxygen atoms in total. The molecule has 0 spiro atoms. The number of ether oxygens (including phenoxy) is 1. The van der Waals surface area contributed by atoms with Gasteiger partial charge in [-0.05, 0) is 46.7 Å². The van der Waals surface area contributed by atoms with Crippen LogP contribution < -0.4 is 10.2 Å². The summed E-state index contributed by atoms with van der Waals surface area (Å²) in [6.45, 7) is 8.00. The molecule has 0 bridgehead atoms. The molecule has 2 N–H and O–H groups in total. The van der Waals surface area contributed by atoms with Crippen LogP contribution in [0.1, 0.15) is 38.7 Å². The van der Waals surface area contributed by atoms with Gasteiger partial charge in [-0.25, -0.2) is 4.98 Å². The highest BCUT2D eigenvalue weighted by atomic mass is 16.5. The second-order valence-corrected chi connectivity index (χ2v) is 7.95. The van der Waals surface area contributed by atoms with Gasteiger partial charge in [-0.15, -0.1) is 0 Å². The lowest BCUT2D eigenvalue weighted by Gasteiger charge is -2.32. The van der Waals surface area contributed by atoms with Crippen LogP contribution in [0.2, 0.25) is 0 Å². The van der Waals surface area contributed by atoms with E-state index < -0.39 is 11.4 Å². The Labute approximate surface area is 160 Å². The number of morpholine rings is 1. The van der Waals surface area contributed by atoms with Gasteiger partial charge in [0.05, 0.1) is 18.6 Å². The van der Waals surface area contributed by atoms with Crippen LogP contribution in [-0.2, 0) is 14.9 Å². The number of likely N-dealkylation sites (tertiary alicyclic amines) is 1. The molecule has 1 aromatic heterocycles. The fourth-order valence-corrected chi connectivity index (χ4v) is 3.72. The molecule has 2 aliphatic heterocycles. The van der Waals surface area contributed by atoms with E-state index in [2.05, 4.69) is 27.1 Å². The second-order valence-electron chi connectivity index (χ2n) is 7.95. The van der Waals surface area contributed by atoms with Gasteiger partial charge in [0, 0.05) is 37.4 Å². The van der Waals surface area contributed by atoms with Gasteiger partial charge in [0.25, 0.3) is 0 Å². The number of hydrogen-bond donors (Lipinski definition) is 2. The zero-order valence-corrected chi connectivity index (χ0v) is 16.6. The van der Waals surface area contributed by atoms with Crippen molar-refractivity contribution in [2.24, 2.45) is 0 Å². The third-order valence-corrected chi connectivity index (χ3v) is 5.72. The van der Waals surface area contributed by atoms with Crippen molar-refractivity contribution in [1.29, 1.82) is 0 Å². The number of aromatic nitrogens is 2. The summed E-state index contributed by atoms with van der Waals surface area (Å²) >= 11 is 0. The maximum Gasteiger partial charge on any atom is 0.313 e. The normalized spacial score (nSPS) is 21.4. The number of aliphatic carboxylic acids is 1. The van der Waals surface area contributed by atoms with Gasteiger partial charge in [0.1, 0.15) is 5.82 Å². The van der Waals surface area contributed by atoms with E-state index in [1.54, 1.807) is 20.0 Å². The Kier molecular flexibility index (Phi) is 6.16. The van der Waals surface area contributed by atoms with Crippen molar-refractivity contribution in [1.82, 2.24) is 14.9 Å². The molecule has 2 fully saturated rings. The summed E-state index contributed by atoms with van der Waals surface area (Å²) in [4.78, 5) is 25.4. The number of hydrogen-bond acceptors (Lipinski definition) is 7. The largest absolute Gasteiger partial charge is 0.481 e. The minimum atomic E-state index is -1.06. The number of carboxylic acid groups (broad SMARTS) is 1. The topological polar surface area (TPSA) is 90.8 Å². The molecule has 1 aromatic rings. The fraction of sp³-hybridized carbons (Fsp3) is 0.737. The van der Waals surface area contributed by atoms with E-state index in [1.165, 1.54) is 19.4 Å². The Morgan fingerprint density at radius 2 is 2.11 bits per heavy atom. The molecule has 0 aliphatic carbocycles. The number of rotatable bonds is 7. The third-order valence-electron chi connectivity index (χ3n) is 5.72. The van der Waals surface area contributed by atoms with E-state index in [9.17, 15) is 9.90 Å². The smallest absolute Gasteiger partial charge is 0.313 e. The highest BCUT2D eigenvalue weighted by molar-refractivity contribution is 5.82. The van der Waals surface area contributed by atoms with Crippen LogP contribution in [0.25, 0.3) is 0 Å². The van der Waals surface area contributed by atoms with Crippen LogP contribution in [0.4, 0.5) is 11.8 Å². The lowest BCUT2D eigenvalue weighted by molar-refractivity contribution is -0.142. The SMILES string of the molecule is CN1CCC[C@H]1CCNc1ncc(C(C)(C)C(=O)O)c(N2CCOCC2)n1. The maximum atomic E-state index is 11.8. The van der Waals surface area contributed by atoms with Gasteiger partial charge in [0.15, 0.2) is 0 Å². The molecular formula is C19H31N5O3. The molecule has 8 heteroatoms. The van der Waals surface area contributed by atoms with Gasteiger partial charge in [-0.3, -0.25) is 4.79 Å². The number of carboxylic acids is 1. The maximum absolute atomic E-state index is 11.8. The van der Waals surface area contributed by atoms with Crippen LogP contribution in [-0.4, -0.2) is 78.4 Å². The van der Waals surface area contributed by atoms with Crippen LogP contribution in [0.15, 0.2) is 6.20 Å². The monoisotopic (exact) mass is 377 g/mol. The highest BCUT2D eigenvalue weighted by Crippen LogP contribution is 2.32. The van der Waals surface area contributed by atoms with E-state index in [1.807, 2.05) is 0 Å². The average Bonchev–Trinajstić information content (AvgIpc) is 3.07. The van der Waals surface area contributed by atoms with Crippen molar-refractivity contribution in [3.05, 3.63) is 11.8 Å². The van der Waals surface area contributed by atoms with Crippen molar-refractivity contribution < 1.29 is 14.6 Å². The molecule has 27 heavy (non-hydrogen) atoms. The number of carbonyl (C=O) groups is 1. The van der Waals surface area contributed by atoms with Crippen LogP contribution in [0, 0.1) is 0 Å². The number of anilines is 2. The van der Waals surface area contributed by atoms with E-state index in [0.29, 0.717) is 49.7 Å². The standard InChI is InChI=1S/C19H31N5O3/c1-19(2,17(25)26)15-13-21-18(20-7-6-14-5-4-8-23(14)3)22-16(15)24-9-11-27-12-10-24/h13-14H,4-12H2,1-3H3,(H,25,26)(H,20,21,22)/t14-/m0/s1. The lowest BCUT2D eigenvalue weighted by Crippen LogP contribution is -2.40. The Balaban J connectivity index is 1.76. The first-order valence-corrected chi connectivity index (χ1v) is 9.77. The Morgan fingerprint density at radius 3 is 2.74 bits per heavy atom. The van der Waals surface area contributed by atoms with Gasteiger partial charge in [-0.2, -0.15) is 4.98 Å². The van der Waals surface area contributed by atoms with Gasteiger partial charge < -0.3 is 25.0 Å². The van der Waals surface area contributed by atoms with Crippen molar-refractivity contribution in [2.45, 2.75) is 44.6 Å². The molecule has 0 saturated carbocycles. The highest BCUT2D eigenvalue weighted by Gasteiger charge is 2.35. The molecule has 1 atom stereocenters. The molecule has 2 saturated heterocycles. The molecule has 3 heterocycles. The zero-order chi connectivity index (χ0) is 19.4. The third kappa shape index (κ3) is 4.50. The van der Waals surface area contributed by atoms with Crippen LogP contribution >= 0.6 is 0 Å². The molecule has 0 aromatic carbocycles. The number of nitrogens with one attached hydrogen (secondary N) is 1. The molecular weight excluding hydrogens is 346 g/mol. The van der Waals surface area contributed by atoms with Crippen LogP contribution in [0.3, 0.4) is 0 Å². The van der Waals surface area contributed by atoms with Gasteiger partial charge in [0.2, 0.25) is 5.95 Å². The predicted molar refractivity (Wildman–Crippen MR) is 104 cm³/mol. The first kappa shape index (κ1) is 19.8. The minimum Gasteiger partial charge on any atom is -0.481 e. The van der Waals surface area contributed by atoms with E-state index in [-0.39, 0.29) is 0 Å². The van der Waals surface area contributed by atoms with Crippen molar-refractivity contribution in [3.63, 3.8) is 0 Å². The lowest BCUT2D eigenvalue weighted by atomic mass is 9.85. The van der Waals surface area contributed by atoms with Gasteiger partial charge in [-0.1, -0.05) is 0 Å². The Bertz CT molecular complexity index is 661. The summed E-state index contributed by atoms with van der Waals surface area (Å²) in [6.07, 6.45) is 5.21.